The number of aliphatic carboxylic acids is 1. The topological polar surface area (TPSA) is 101 Å². The summed E-state index contributed by atoms with van der Waals surface area (Å²) in [4.78, 5) is 15.8. The summed E-state index contributed by atoms with van der Waals surface area (Å²) >= 11 is 0. The molecule has 0 spiro atoms. The van der Waals surface area contributed by atoms with Gasteiger partial charge in [0, 0.05) is 17.2 Å². The minimum Gasteiger partial charge on any atom is -0.489 e. The Balaban J connectivity index is 1.62. The average molecular weight is 462 g/mol. The van der Waals surface area contributed by atoms with Crippen LogP contribution >= 0.6 is 0 Å². The van der Waals surface area contributed by atoms with Gasteiger partial charge >= 0.3 is 5.97 Å². The van der Waals surface area contributed by atoms with Crippen LogP contribution in [0, 0.1) is 17.1 Å². The molecule has 0 radical (unpaired) electrons. The molecule has 34 heavy (non-hydrogen) atoms. The van der Waals surface area contributed by atoms with Crippen LogP contribution in [0.1, 0.15) is 29.0 Å². The zero-order valence-electron chi connectivity index (χ0n) is 18.4. The number of hydroxylamine groups is 1. The maximum atomic E-state index is 14.6. The molecule has 3 aromatic carbocycles. The van der Waals surface area contributed by atoms with Crippen molar-refractivity contribution >= 4 is 11.7 Å². The number of hydrogen-bond acceptors (Lipinski definition) is 6. The highest BCUT2D eigenvalue weighted by Gasteiger charge is 2.15. The van der Waals surface area contributed by atoms with Crippen molar-refractivity contribution in [1.29, 1.82) is 5.26 Å². The highest BCUT2D eigenvalue weighted by molar-refractivity contribution is 5.68. The Bertz CT molecular complexity index is 1170. The molecule has 0 fully saturated rings. The number of rotatable bonds is 11. The molecular formula is C26H23FN2O5. The van der Waals surface area contributed by atoms with Crippen LogP contribution in [0.3, 0.4) is 0 Å². The molecule has 0 saturated heterocycles. The van der Waals surface area contributed by atoms with Crippen LogP contribution in [0.5, 0.6) is 11.5 Å². The Morgan fingerprint density at radius 2 is 1.82 bits per heavy atom. The van der Waals surface area contributed by atoms with Gasteiger partial charge in [-0.2, -0.15) is 5.26 Å². The lowest BCUT2D eigenvalue weighted by Gasteiger charge is -2.11. The maximum absolute atomic E-state index is 14.6. The van der Waals surface area contributed by atoms with Gasteiger partial charge in [0.1, 0.15) is 35.9 Å². The van der Waals surface area contributed by atoms with E-state index in [0.717, 1.165) is 5.56 Å². The monoisotopic (exact) mass is 462 g/mol. The molecule has 1 atom stereocenters. The van der Waals surface area contributed by atoms with E-state index in [9.17, 15) is 9.18 Å². The third-order valence-electron chi connectivity index (χ3n) is 4.85. The standard InChI is InChI=1S/C26H23FN2O5/c1-32-29-25(19-5-3-2-4-6-19)17-34-23-12-9-20(24(27)14-23)16-33-22-10-7-18(8-11-22)21(15-28)13-26(30)31/h2-12,14,17,21,29H,13,16H2,1H3,(H,30,31). The SMILES string of the molecule is CONC(=COc1ccc(COc2ccc(C(C#N)CC(=O)O)cc2)c(F)c1)c1ccccc1. The fourth-order valence-electron chi connectivity index (χ4n) is 3.09. The van der Waals surface area contributed by atoms with Gasteiger partial charge in [-0.05, 0) is 29.8 Å². The highest BCUT2D eigenvalue weighted by Crippen LogP contribution is 2.24. The second-order valence-corrected chi connectivity index (χ2v) is 7.21. The van der Waals surface area contributed by atoms with E-state index in [0.29, 0.717) is 28.3 Å². The first kappa shape index (κ1) is 24.3. The first-order valence-electron chi connectivity index (χ1n) is 10.3. The molecule has 2 N–H and O–H groups in total. The molecule has 0 aliphatic carbocycles. The molecule has 1 unspecified atom stereocenters. The summed E-state index contributed by atoms with van der Waals surface area (Å²) in [7, 11) is 1.48. The highest BCUT2D eigenvalue weighted by atomic mass is 19.1. The third-order valence-corrected chi connectivity index (χ3v) is 4.85. The van der Waals surface area contributed by atoms with Crippen molar-refractivity contribution < 1.29 is 28.6 Å². The van der Waals surface area contributed by atoms with Crippen molar-refractivity contribution in [3.63, 3.8) is 0 Å². The van der Waals surface area contributed by atoms with Gasteiger partial charge in [-0.3, -0.25) is 15.1 Å². The van der Waals surface area contributed by atoms with Crippen molar-refractivity contribution in [3.05, 3.63) is 102 Å². The van der Waals surface area contributed by atoms with Gasteiger partial charge in [0.05, 0.1) is 25.5 Å². The largest absolute Gasteiger partial charge is 0.489 e. The molecule has 0 bridgehead atoms. The number of carbonyl (C=O) groups is 1. The lowest BCUT2D eigenvalue weighted by atomic mass is 9.97. The van der Waals surface area contributed by atoms with Crippen LogP contribution in [0.15, 0.2) is 79.1 Å². The Labute approximate surface area is 196 Å². The van der Waals surface area contributed by atoms with Crippen LogP contribution in [0.25, 0.3) is 5.70 Å². The van der Waals surface area contributed by atoms with Gasteiger partial charge < -0.3 is 14.6 Å². The van der Waals surface area contributed by atoms with Gasteiger partial charge in [-0.1, -0.05) is 42.5 Å². The molecule has 8 heteroatoms. The van der Waals surface area contributed by atoms with E-state index in [1.807, 2.05) is 36.4 Å². The number of nitrogens with zero attached hydrogens (tertiary/aromatic N) is 1. The molecular weight excluding hydrogens is 439 g/mol. The Hall–Kier alpha value is -4.35. The first-order chi connectivity index (χ1) is 16.5. The van der Waals surface area contributed by atoms with E-state index in [1.54, 1.807) is 36.4 Å². The van der Waals surface area contributed by atoms with Crippen molar-refractivity contribution in [2.75, 3.05) is 7.11 Å². The Morgan fingerprint density at radius 1 is 1.12 bits per heavy atom. The molecule has 0 saturated carbocycles. The minimum absolute atomic E-state index is 0.0153. The summed E-state index contributed by atoms with van der Waals surface area (Å²) in [5, 5.41) is 18.0. The van der Waals surface area contributed by atoms with Crippen molar-refractivity contribution in [2.45, 2.75) is 18.9 Å². The minimum atomic E-state index is -1.04. The maximum Gasteiger partial charge on any atom is 0.305 e. The lowest BCUT2D eigenvalue weighted by Crippen LogP contribution is -2.11. The number of carboxylic acid groups (broad SMARTS) is 1. The Morgan fingerprint density at radius 3 is 2.44 bits per heavy atom. The number of ether oxygens (including phenoxy) is 2. The van der Waals surface area contributed by atoms with E-state index in [-0.39, 0.29) is 13.0 Å². The van der Waals surface area contributed by atoms with E-state index in [2.05, 4.69) is 5.48 Å². The molecule has 0 aliphatic rings. The van der Waals surface area contributed by atoms with Gasteiger partial charge in [-0.25, -0.2) is 4.39 Å². The van der Waals surface area contributed by atoms with E-state index in [4.69, 9.17) is 24.7 Å². The number of nitriles is 1. The Kier molecular flexibility index (Phi) is 8.60. The second kappa shape index (κ2) is 12.0. The van der Waals surface area contributed by atoms with Crippen LogP contribution < -0.4 is 15.0 Å². The number of benzene rings is 3. The molecule has 0 aromatic heterocycles. The van der Waals surface area contributed by atoms with Crippen LogP contribution in [-0.2, 0) is 16.2 Å². The summed E-state index contributed by atoms with van der Waals surface area (Å²) in [6.07, 6.45) is 1.16. The summed E-state index contributed by atoms with van der Waals surface area (Å²) in [5.74, 6) is -1.51. The molecule has 0 heterocycles. The number of carboxylic acids is 1. The summed E-state index contributed by atoms with van der Waals surface area (Å²) in [6, 6.07) is 22.3. The van der Waals surface area contributed by atoms with Crippen molar-refractivity contribution in [1.82, 2.24) is 5.48 Å². The quantitative estimate of drug-likeness (QED) is 0.305. The molecule has 3 aromatic rings. The fourth-order valence-corrected chi connectivity index (χ4v) is 3.09. The average Bonchev–Trinajstić information content (AvgIpc) is 2.85. The van der Waals surface area contributed by atoms with Crippen LogP contribution in [0.2, 0.25) is 0 Å². The molecule has 3 rings (SSSR count). The zero-order valence-corrected chi connectivity index (χ0v) is 18.4. The van der Waals surface area contributed by atoms with Gasteiger partial charge in [-0.15, -0.1) is 0 Å². The van der Waals surface area contributed by atoms with E-state index >= 15 is 0 Å². The zero-order chi connectivity index (χ0) is 24.3. The number of hydrogen-bond donors (Lipinski definition) is 2. The molecule has 0 amide bonds. The second-order valence-electron chi connectivity index (χ2n) is 7.21. The predicted molar refractivity (Wildman–Crippen MR) is 123 cm³/mol. The van der Waals surface area contributed by atoms with Gasteiger partial charge in [0.15, 0.2) is 0 Å². The van der Waals surface area contributed by atoms with Crippen LogP contribution in [-0.4, -0.2) is 18.2 Å². The van der Waals surface area contributed by atoms with Gasteiger partial charge in [0.25, 0.3) is 0 Å². The predicted octanol–water partition coefficient (Wildman–Crippen LogP) is 5.01. The fraction of sp³-hybridized carbons (Fsp3) is 0.154. The lowest BCUT2D eigenvalue weighted by molar-refractivity contribution is -0.137. The number of nitrogens with one attached hydrogen (secondary N) is 1. The molecule has 174 valence electrons. The van der Waals surface area contributed by atoms with Gasteiger partial charge in [0.2, 0.25) is 0 Å². The van der Waals surface area contributed by atoms with Crippen LogP contribution in [0.4, 0.5) is 4.39 Å². The van der Waals surface area contributed by atoms with E-state index < -0.39 is 17.7 Å². The summed E-state index contributed by atoms with van der Waals surface area (Å²) < 4.78 is 25.8. The first-order valence-corrected chi connectivity index (χ1v) is 10.3. The normalized spacial score (nSPS) is 11.9. The smallest absolute Gasteiger partial charge is 0.305 e. The summed E-state index contributed by atoms with van der Waals surface area (Å²) in [6.45, 7) is -0.0153. The van der Waals surface area contributed by atoms with E-state index in [1.165, 1.54) is 19.4 Å². The van der Waals surface area contributed by atoms with Crippen molar-refractivity contribution in [3.8, 4) is 17.6 Å². The molecule has 0 aliphatic heterocycles. The van der Waals surface area contributed by atoms with Crippen molar-refractivity contribution in [2.24, 2.45) is 0 Å². The number of halogens is 1. The molecule has 7 nitrogen and oxygen atoms in total. The third kappa shape index (κ3) is 6.82. The summed E-state index contributed by atoms with van der Waals surface area (Å²) in [5.41, 5.74) is 5.05.